The molecule has 1 unspecified atom stereocenters. The molecule has 0 radical (unpaired) electrons. The van der Waals surface area contributed by atoms with Gasteiger partial charge in [0.15, 0.2) is 0 Å². The highest BCUT2D eigenvalue weighted by Crippen LogP contribution is 2.28. The summed E-state index contributed by atoms with van der Waals surface area (Å²) in [5.41, 5.74) is 6.42. The van der Waals surface area contributed by atoms with E-state index in [1.54, 1.807) is 0 Å². The first-order valence-corrected chi connectivity index (χ1v) is 6.75. The van der Waals surface area contributed by atoms with Crippen molar-refractivity contribution >= 4 is 0 Å². The maximum absolute atomic E-state index is 13.2. The van der Waals surface area contributed by atoms with Crippen molar-refractivity contribution < 1.29 is 8.78 Å². The van der Waals surface area contributed by atoms with E-state index >= 15 is 0 Å². The summed E-state index contributed by atoms with van der Waals surface area (Å²) in [6, 6.07) is 3.79. The molecule has 2 atom stereocenters. The van der Waals surface area contributed by atoms with Crippen LogP contribution < -0.4 is 11.1 Å². The van der Waals surface area contributed by atoms with Crippen molar-refractivity contribution in [3.05, 3.63) is 47.3 Å². The highest BCUT2D eigenvalue weighted by Gasteiger charge is 2.17. The van der Waals surface area contributed by atoms with E-state index in [2.05, 4.69) is 5.32 Å². The van der Waals surface area contributed by atoms with Gasteiger partial charge in [0, 0.05) is 12.6 Å². The Morgan fingerprint density at radius 2 is 2.00 bits per heavy atom. The molecular formula is C15H20F2N2. The molecule has 0 saturated heterocycles. The standard InChI is InChI=1S/C15H20F2N2/c1-2-11(4-3-10-5-15(18)19-9-10)12-6-13(16)8-14(17)7-12/h5-8,10-11,19H,2-4,9,18H2,1H3/t10-,11?/m0/s1. The Kier molecular flexibility index (Phi) is 4.40. The lowest BCUT2D eigenvalue weighted by Gasteiger charge is -2.17. The van der Waals surface area contributed by atoms with Crippen LogP contribution in [0.3, 0.4) is 0 Å². The van der Waals surface area contributed by atoms with E-state index in [0.717, 1.165) is 43.3 Å². The van der Waals surface area contributed by atoms with Crippen LogP contribution in [0.4, 0.5) is 8.78 Å². The van der Waals surface area contributed by atoms with Crippen LogP contribution >= 0.6 is 0 Å². The Labute approximate surface area is 112 Å². The third-order valence-electron chi connectivity index (χ3n) is 3.72. The number of rotatable bonds is 5. The smallest absolute Gasteiger partial charge is 0.126 e. The minimum Gasteiger partial charge on any atom is -0.386 e. The summed E-state index contributed by atoms with van der Waals surface area (Å²) >= 11 is 0. The maximum atomic E-state index is 13.2. The fourth-order valence-corrected chi connectivity index (χ4v) is 2.64. The Hall–Kier alpha value is -1.58. The summed E-state index contributed by atoms with van der Waals surface area (Å²) in [6.07, 6.45) is 4.79. The van der Waals surface area contributed by atoms with E-state index in [0.29, 0.717) is 5.92 Å². The maximum Gasteiger partial charge on any atom is 0.126 e. The number of hydrogen-bond acceptors (Lipinski definition) is 2. The first kappa shape index (κ1) is 13.8. The van der Waals surface area contributed by atoms with Crippen LogP contribution in [0.2, 0.25) is 0 Å². The third kappa shape index (κ3) is 3.69. The molecule has 1 aromatic rings. The van der Waals surface area contributed by atoms with Crippen LogP contribution in [0.5, 0.6) is 0 Å². The fourth-order valence-electron chi connectivity index (χ4n) is 2.64. The molecule has 104 valence electrons. The van der Waals surface area contributed by atoms with Gasteiger partial charge in [-0.05, 0) is 54.9 Å². The van der Waals surface area contributed by atoms with Crippen LogP contribution in [0, 0.1) is 17.6 Å². The molecule has 0 aliphatic carbocycles. The first-order chi connectivity index (χ1) is 9.08. The minimum atomic E-state index is -0.500. The zero-order valence-corrected chi connectivity index (χ0v) is 11.1. The zero-order chi connectivity index (χ0) is 13.8. The van der Waals surface area contributed by atoms with Gasteiger partial charge in [-0.1, -0.05) is 6.92 Å². The van der Waals surface area contributed by atoms with Gasteiger partial charge in [0.05, 0.1) is 5.82 Å². The molecule has 0 saturated carbocycles. The lowest BCUT2D eigenvalue weighted by Crippen LogP contribution is -2.16. The topological polar surface area (TPSA) is 38.0 Å². The predicted molar refractivity (Wildman–Crippen MR) is 72.4 cm³/mol. The van der Waals surface area contributed by atoms with Crippen LogP contribution in [0.1, 0.15) is 37.7 Å². The zero-order valence-electron chi connectivity index (χ0n) is 11.1. The van der Waals surface area contributed by atoms with Gasteiger partial charge in [-0.25, -0.2) is 8.78 Å². The summed E-state index contributed by atoms with van der Waals surface area (Å²) in [7, 11) is 0. The van der Waals surface area contributed by atoms with Crippen molar-refractivity contribution in [1.29, 1.82) is 0 Å². The number of nitrogens with one attached hydrogen (secondary N) is 1. The van der Waals surface area contributed by atoms with Gasteiger partial charge in [0.2, 0.25) is 0 Å². The van der Waals surface area contributed by atoms with E-state index in [9.17, 15) is 8.78 Å². The summed E-state index contributed by atoms with van der Waals surface area (Å²) in [5.74, 6) is 0.350. The van der Waals surface area contributed by atoms with Gasteiger partial charge in [-0.3, -0.25) is 0 Å². The minimum absolute atomic E-state index is 0.195. The second-order valence-corrected chi connectivity index (χ2v) is 5.15. The summed E-state index contributed by atoms with van der Waals surface area (Å²) in [4.78, 5) is 0. The van der Waals surface area contributed by atoms with Crippen molar-refractivity contribution in [2.45, 2.75) is 32.1 Å². The Morgan fingerprint density at radius 1 is 1.32 bits per heavy atom. The SMILES string of the molecule is CCC(CC[C@H]1C=C(N)NC1)c1cc(F)cc(F)c1. The summed E-state index contributed by atoms with van der Waals surface area (Å²) < 4.78 is 26.5. The van der Waals surface area contributed by atoms with E-state index < -0.39 is 11.6 Å². The molecule has 0 spiro atoms. The van der Waals surface area contributed by atoms with Gasteiger partial charge < -0.3 is 11.1 Å². The number of hydrogen-bond donors (Lipinski definition) is 2. The molecule has 4 heteroatoms. The molecule has 0 fully saturated rings. The van der Waals surface area contributed by atoms with Crippen molar-refractivity contribution in [3.63, 3.8) is 0 Å². The lowest BCUT2D eigenvalue weighted by molar-refractivity contribution is 0.496. The molecule has 3 N–H and O–H groups in total. The summed E-state index contributed by atoms with van der Waals surface area (Å²) in [5, 5.41) is 3.09. The quantitative estimate of drug-likeness (QED) is 0.858. The molecule has 2 nitrogen and oxygen atoms in total. The third-order valence-corrected chi connectivity index (χ3v) is 3.72. The lowest BCUT2D eigenvalue weighted by atomic mass is 9.88. The van der Waals surface area contributed by atoms with Crippen molar-refractivity contribution in [1.82, 2.24) is 5.32 Å². The Balaban J connectivity index is 1.99. The molecule has 0 bridgehead atoms. The van der Waals surface area contributed by atoms with Gasteiger partial charge in [-0.15, -0.1) is 0 Å². The predicted octanol–water partition coefficient (Wildman–Crippen LogP) is 3.26. The second-order valence-electron chi connectivity index (χ2n) is 5.15. The van der Waals surface area contributed by atoms with Crippen LogP contribution in [0.15, 0.2) is 30.1 Å². The Bertz CT molecular complexity index is 451. The average molecular weight is 266 g/mol. The highest BCUT2D eigenvalue weighted by atomic mass is 19.1. The molecule has 2 rings (SSSR count). The molecular weight excluding hydrogens is 246 g/mol. The van der Waals surface area contributed by atoms with Crippen LogP contribution in [0.25, 0.3) is 0 Å². The van der Waals surface area contributed by atoms with Gasteiger partial charge in [0.25, 0.3) is 0 Å². The van der Waals surface area contributed by atoms with E-state index in [1.807, 2.05) is 13.0 Å². The average Bonchev–Trinajstić information content (AvgIpc) is 2.75. The molecule has 1 aromatic carbocycles. The summed E-state index contributed by atoms with van der Waals surface area (Å²) in [6.45, 7) is 2.91. The number of nitrogens with two attached hydrogens (primary N) is 1. The monoisotopic (exact) mass is 266 g/mol. The van der Waals surface area contributed by atoms with Gasteiger partial charge >= 0.3 is 0 Å². The van der Waals surface area contributed by atoms with Crippen molar-refractivity contribution in [2.24, 2.45) is 11.7 Å². The van der Waals surface area contributed by atoms with E-state index in [4.69, 9.17) is 5.73 Å². The molecule has 1 aliphatic rings. The van der Waals surface area contributed by atoms with Crippen molar-refractivity contribution in [2.75, 3.05) is 6.54 Å². The number of halogens is 2. The van der Waals surface area contributed by atoms with Gasteiger partial charge in [0.1, 0.15) is 11.6 Å². The van der Waals surface area contributed by atoms with E-state index in [-0.39, 0.29) is 5.92 Å². The normalized spacial score (nSPS) is 19.9. The van der Waals surface area contributed by atoms with Crippen LogP contribution in [-0.4, -0.2) is 6.54 Å². The van der Waals surface area contributed by atoms with Crippen LogP contribution in [-0.2, 0) is 0 Å². The highest BCUT2D eigenvalue weighted by molar-refractivity contribution is 5.22. The molecule has 1 aliphatic heterocycles. The Morgan fingerprint density at radius 3 is 2.53 bits per heavy atom. The molecule has 0 aromatic heterocycles. The van der Waals surface area contributed by atoms with Crippen molar-refractivity contribution in [3.8, 4) is 0 Å². The van der Waals surface area contributed by atoms with E-state index in [1.165, 1.54) is 12.1 Å². The molecule has 1 heterocycles. The first-order valence-electron chi connectivity index (χ1n) is 6.75. The number of benzene rings is 1. The second kappa shape index (κ2) is 6.04. The molecule has 19 heavy (non-hydrogen) atoms. The largest absolute Gasteiger partial charge is 0.386 e. The molecule has 0 amide bonds. The van der Waals surface area contributed by atoms with Gasteiger partial charge in [-0.2, -0.15) is 0 Å². The fraction of sp³-hybridized carbons (Fsp3) is 0.467.